The van der Waals surface area contributed by atoms with Crippen molar-refractivity contribution in [2.45, 2.75) is 12.6 Å². The molecule has 0 aliphatic carbocycles. The highest BCUT2D eigenvalue weighted by atomic mass is 16.2. The Labute approximate surface area is 106 Å². The summed E-state index contributed by atoms with van der Waals surface area (Å²) in [5.74, 6) is 0. The summed E-state index contributed by atoms with van der Waals surface area (Å²) < 4.78 is 0. The molecule has 0 radical (unpaired) electrons. The molecule has 1 aliphatic rings. The fourth-order valence-electron chi connectivity index (χ4n) is 1.94. The highest BCUT2D eigenvalue weighted by Crippen LogP contribution is 2.04. The molecule has 2 amide bonds. The van der Waals surface area contributed by atoms with Crippen LogP contribution in [0.25, 0.3) is 0 Å². The Bertz CT molecular complexity index is 440. The predicted octanol–water partition coefficient (Wildman–Crippen LogP) is 0.694. The normalized spacial score (nSPS) is 19.1. The molecule has 5 nitrogen and oxygen atoms in total. The van der Waals surface area contributed by atoms with Gasteiger partial charge in [0.1, 0.15) is 6.04 Å². The number of rotatable bonds is 2. The fourth-order valence-corrected chi connectivity index (χ4v) is 1.94. The summed E-state index contributed by atoms with van der Waals surface area (Å²) in [6, 6.07) is 11.3. The molecule has 0 bridgehead atoms. The summed E-state index contributed by atoms with van der Waals surface area (Å²) in [5.41, 5.74) is 1.05. The number of piperazine rings is 1. The van der Waals surface area contributed by atoms with Gasteiger partial charge in [0.25, 0.3) is 0 Å². The lowest BCUT2D eigenvalue weighted by Gasteiger charge is -2.31. The van der Waals surface area contributed by atoms with Gasteiger partial charge in [-0.1, -0.05) is 30.3 Å². The summed E-state index contributed by atoms with van der Waals surface area (Å²) in [5, 5.41) is 14.9. The highest BCUT2D eigenvalue weighted by molar-refractivity contribution is 5.75. The number of carbonyl (C=O) groups excluding carboxylic acids is 1. The van der Waals surface area contributed by atoms with E-state index in [1.54, 1.807) is 4.90 Å². The van der Waals surface area contributed by atoms with Gasteiger partial charge in [0.05, 0.1) is 6.07 Å². The van der Waals surface area contributed by atoms with Crippen LogP contribution in [0, 0.1) is 11.3 Å². The first-order chi connectivity index (χ1) is 8.81. The Balaban J connectivity index is 1.89. The molecule has 0 aromatic heterocycles. The molecule has 1 saturated heterocycles. The number of nitrogens with one attached hydrogen (secondary N) is 2. The monoisotopic (exact) mass is 244 g/mol. The average molecular weight is 244 g/mol. The van der Waals surface area contributed by atoms with Crippen LogP contribution < -0.4 is 10.6 Å². The van der Waals surface area contributed by atoms with E-state index in [1.165, 1.54) is 0 Å². The predicted molar refractivity (Wildman–Crippen MR) is 67.7 cm³/mol. The van der Waals surface area contributed by atoms with Gasteiger partial charge in [0.2, 0.25) is 0 Å². The Hall–Kier alpha value is -2.06. The Kier molecular flexibility index (Phi) is 4.15. The number of carbonyl (C=O) groups is 1. The van der Waals surface area contributed by atoms with Crippen molar-refractivity contribution in [2.75, 3.05) is 19.6 Å². The zero-order chi connectivity index (χ0) is 12.8. The number of amides is 2. The minimum absolute atomic E-state index is 0.174. The Morgan fingerprint density at radius 1 is 1.50 bits per heavy atom. The topological polar surface area (TPSA) is 68.2 Å². The molecule has 1 atom stereocenters. The minimum Gasteiger partial charge on any atom is -0.334 e. The van der Waals surface area contributed by atoms with E-state index in [-0.39, 0.29) is 12.1 Å². The van der Waals surface area contributed by atoms with Gasteiger partial charge in [-0.2, -0.15) is 5.26 Å². The van der Waals surface area contributed by atoms with Crippen LogP contribution in [-0.4, -0.2) is 36.6 Å². The number of nitrogens with zero attached hydrogens (tertiary/aromatic N) is 2. The van der Waals surface area contributed by atoms with Crippen LogP contribution in [-0.2, 0) is 6.54 Å². The average Bonchev–Trinajstić information content (AvgIpc) is 2.45. The van der Waals surface area contributed by atoms with E-state index in [0.717, 1.165) is 12.1 Å². The molecule has 2 rings (SSSR count). The van der Waals surface area contributed by atoms with Crippen LogP contribution in [0.15, 0.2) is 30.3 Å². The first-order valence-electron chi connectivity index (χ1n) is 6.00. The molecule has 1 aromatic rings. The first-order valence-corrected chi connectivity index (χ1v) is 6.00. The fraction of sp³-hybridized carbons (Fsp3) is 0.385. The lowest BCUT2D eigenvalue weighted by Crippen LogP contribution is -2.55. The van der Waals surface area contributed by atoms with Gasteiger partial charge in [-0.05, 0) is 5.56 Å². The van der Waals surface area contributed by atoms with Crippen LogP contribution in [0.4, 0.5) is 4.79 Å². The van der Waals surface area contributed by atoms with Crippen molar-refractivity contribution in [3.05, 3.63) is 35.9 Å². The maximum absolute atomic E-state index is 12.0. The van der Waals surface area contributed by atoms with E-state index in [1.807, 2.05) is 30.3 Å². The van der Waals surface area contributed by atoms with Crippen molar-refractivity contribution in [1.82, 2.24) is 15.5 Å². The molecule has 0 saturated carbocycles. The molecular formula is C13H16N4O. The number of benzene rings is 1. The largest absolute Gasteiger partial charge is 0.334 e. The van der Waals surface area contributed by atoms with Crippen LogP contribution in [0.5, 0.6) is 0 Å². The standard InChI is InChI=1S/C13H16N4O/c14-8-12-10-15-6-7-17(12)13(18)16-9-11-4-2-1-3-5-11/h1-5,12,15H,6-7,9-10H2,(H,16,18). The summed E-state index contributed by atoms with van der Waals surface area (Å²) >= 11 is 0. The zero-order valence-corrected chi connectivity index (χ0v) is 10.1. The van der Waals surface area contributed by atoms with Crippen molar-refractivity contribution in [3.63, 3.8) is 0 Å². The molecule has 2 N–H and O–H groups in total. The van der Waals surface area contributed by atoms with Crippen LogP contribution in [0.2, 0.25) is 0 Å². The van der Waals surface area contributed by atoms with Gasteiger partial charge in [-0.15, -0.1) is 0 Å². The number of urea groups is 1. The van der Waals surface area contributed by atoms with Gasteiger partial charge >= 0.3 is 6.03 Å². The quantitative estimate of drug-likeness (QED) is 0.804. The molecular weight excluding hydrogens is 228 g/mol. The summed E-state index contributed by atoms with van der Waals surface area (Å²) in [6.45, 7) is 2.33. The van der Waals surface area contributed by atoms with E-state index in [4.69, 9.17) is 5.26 Å². The summed E-state index contributed by atoms with van der Waals surface area (Å²) in [7, 11) is 0. The second kappa shape index (κ2) is 6.03. The molecule has 1 unspecified atom stereocenters. The van der Waals surface area contributed by atoms with E-state index in [0.29, 0.717) is 19.6 Å². The van der Waals surface area contributed by atoms with Gasteiger partial charge in [-0.25, -0.2) is 4.79 Å². The van der Waals surface area contributed by atoms with Crippen LogP contribution in [0.3, 0.4) is 0 Å². The maximum atomic E-state index is 12.0. The summed E-state index contributed by atoms with van der Waals surface area (Å²) in [6.07, 6.45) is 0. The third-order valence-electron chi connectivity index (χ3n) is 2.94. The second-order valence-corrected chi connectivity index (χ2v) is 4.19. The van der Waals surface area contributed by atoms with Gasteiger partial charge < -0.3 is 15.5 Å². The van der Waals surface area contributed by atoms with E-state index in [2.05, 4.69) is 16.7 Å². The third kappa shape index (κ3) is 2.99. The van der Waals surface area contributed by atoms with Crippen molar-refractivity contribution < 1.29 is 4.79 Å². The number of hydrogen-bond acceptors (Lipinski definition) is 3. The SMILES string of the molecule is N#CC1CNCCN1C(=O)NCc1ccccc1. The van der Waals surface area contributed by atoms with E-state index < -0.39 is 0 Å². The zero-order valence-electron chi connectivity index (χ0n) is 10.1. The van der Waals surface area contributed by atoms with Crippen LogP contribution >= 0.6 is 0 Å². The third-order valence-corrected chi connectivity index (χ3v) is 2.94. The van der Waals surface area contributed by atoms with Crippen molar-refractivity contribution in [1.29, 1.82) is 5.26 Å². The molecule has 1 aromatic carbocycles. The van der Waals surface area contributed by atoms with E-state index in [9.17, 15) is 4.79 Å². The van der Waals surface area contributed by atoms with Crippen molar-refractivity contribution >= 4 is 6.03 Å². The molecule has 5 heteroatoms. The lowest BCUT2D eigenvalue weighted by molar-refractivity contribution is 0.174. The smallest absolute Gasteiger partial charge is 0.318 e. The Morgan fingerprint density at radius 3 is 3.00 bits per heavy atom. The van der Waals surface area contributed by atoms with Gasteiger partial charge in [0.15, 0.2) is 0 Å². The molecule has 1 aliphatic heterocycles. The van der Waals surface area contributed by atoms with Gasteiger partial charge in [-0.3, -0.25) is 0 Å². The molecule has 1 heterocycles. The Morgan fingerprint density at radius 2 is 2.28 bits per heavy atom. The van der Waals surface area contributed by atoms with Crippen molar-refractivity contribution in [3.8, 4) is 6.07 Å². The lowest BCUT2D eigenvalue weighted by atomic mass is 10.2. The molecule has 1 fully saturated rings. The number of nitriles is 1. The van der Waals surface area contributed by atoms with E-state index >= 15 is 0 Å². The summed E-state index contributed by atoms with van der Waals surface area (Å²) in [4.78, 5) is 13.6. The minimum atomic E-state index is -0.380. The first kappa shape index (κ1) is 12.4. The second-order valence-electron chi connectivity index (χ2n) is 4.19. The molecule has 0 spiro atoms. The molecule has 18 heavy (non-hydrogen) atoms. The molecule has 94 valence electrons. The van der Waals surface area contributed by atoms with Crippen LogP contribution in [0.1, 0.15) is 5.56 Å². The maximum Gasteiger partial charge on any atom is 0.318 e. The number of hydrogen-bond donors (Lipinski definition) is 2. The van der Waals surface area contributed by atoms with Gasteiger partial charge in [0, 0.05) is 26.2 Å². The van der Waals surface area contributed by atoms with Crippen molar-refractivity contribution in [2.24, 2.45) is 0 Å². The highest BCUT2D eigenvalue weighted by Gasteiger charge is 2.25.